The molecule has 1 aromatic rings. The fourth-order valence-corrected chi connectivity index (χ4v) is 1.99. The third kappa shape index (κ3) is 3.26. The van der Waals surface area contributed by atoms with Gasteiger partial charge in [-0.05, 0) is 25.1 Å². The molecular formula is C14H18N2O3. The molecule has 0 fully saturated rings. The highest BCUT2D eigenvalue weighted by atomic mass is 16.5. The average molecular weight is 262 g/mol. The SMILES string of the molecule is COc1cccc(C(=O)NCC2=CCNCC2)c1O. The molecule has 102 valence electrons. The van der Waals surface area contributed by atoms with Gasteiger partial charge in [0.15, 0.2) is 11.5 Å². The lowest BCUT2D eigenvalue weighted by Crippen LogP contribution is -2.29. The number of aromatic hydroxyl groups is 1. The van der Waals surface area contributed by atoms with E-state index in [9.17, 15) is 9.90 Å². The van der Waals surface area contributed by atoms with Gasteiger partial charge in [-0.2, -0.15) is 0 Å². The summed E-state index contributed by atoms with van der Waals surface area (Å²) in [4.78, 5) is 12.0. The van der Waals surface area contributed by atoms with Crippen molar-refractivity contribution in [3.05, 3.63) is 35.4 Å². The van der Waals surface area contributed by atoms with Crippen LogP contribution in [0.3, 0.4) is 0 Å². The van der Waals surface area contributed by atoms with Gasteiger partial charge in [-0.1, -0.05) is 17.7 Å². The van der Waals surface area contributed by atoms with Gasteiger partial charge in [-0.25, -0.2) is 0 Å². The first-order valence-corrected chi connectivity index (χ1v) is 6.25. The predicted molar refractivity (Wildman–Crippen MR) is 72.6 cm³/mol. The van der Waals surface area contributed by atoms with E-state index in [0.29, 0.717) is 12.3 Å². The molecule has 0 bridgehead atoms. The van der Waals surface area contributed by atoms with Crippen LogP contribution in [0.1, 0.15) is 16.8 Å². The maximum absolute atomic E-state index is 12.0. The summed E-state index contributed by atoms with van der Waals surface area (Å²) in [6, 6.07) is 4.86. The van der Waals surface area contributed by atoms with Gasteiger partial charge in [-0.15, -0.1) is 0 Å². The standard InChI is InChI=1S/C14H18N2O3/c1-19-12-4-2-3-11(13(12)17)14(18)16-9-10-5-7-15-8-6-10/h2-5,15,17H,6-9H2,1H3,(H,16,18). The van der Waals surface area contributed by atoms with Crippen LogP contribution >= 0.6 is 0 Å². The fraction of sp³-hybridized carbons (Fsp3) is 0.357. The van der Waals surface area contributed by atoms with Gasteiger partial charge in [0, 0.05) is 13.1 Å². The lowest BCUT2D eigenvalue weighted by molar-refractivity contribution is 0.0953. The van der Waals surface area contributed by atoms with Crippen LogP contribution in [0.25, 0.3) is 0 Å². The number of para-hydroxylation sites is 1. The minimum atomic E-state index is -0.296. The number of nitrogens with one attached hydrogen (secondary N) is 2. The first kappa shape index (κ1) is 13.4. The summed E-state index contributed by atoms with van der Waals surface area (Å²) < 4.78 is 4.98. The molecule has 0 radical (unpaired) electrons. The summed E-state index contributed by atoms with van der Waals surface area (Å²) in [5, 5.41) is 15.9. The number of phenols is 1. The van der Waals surface area contributed by atoms with E-state index < -0.39 is 0 Å². The molecule has 1 aromatic carbocycles. The van der Waals surface area contributed by atoms with Crippen LogP contribution in [0.2, 0.25) is 0 Å². The van der Waals surface area contributed by atoms with Gasteiger partial charge >= 0.3 is 0 Å². The Bertz CT molecular complexity index is 497. The van der Waals surface area contributed by atoms with Gasteiger partial charge in [0.1, 0.15) is 0 Å². The molecule has 5 nitrogen and oxygen atoms in total. The number of ether oxygens (including phenoxy) is 1. The Kier molecular flexibility index (Phi) is 4.41. The molecule has 0 unspecified atom stereocenters. The third-order valence-corrected chi connectivity index (χ3v) is 3.10. The number of hydrogen-bond acceptors (Lipinski definition) is 4. The summed E-state index contributed by atoms with van der Waals surface area (Å²) in [6.45, 7) is 2.29. The molecule has 1 heterocycles. The van der Waals surface area contributed by atoms with Crippen molar-refractivity contribution in [2.45, 2.75) is 6.42 Å². The minimum absolute atomic E-state index is 0.123. The average Bonchev–Trinajstić information content (AvgIpc) is 2.46. The minimum Gasteiger partial charge on any atom is -0.504 e. The lowest BCUT2D eigenvalue weighted by Gasteiger charge is -2.15. The normalized spacial score (nSPS) is 14.7. The fourth-order valence-electron chi connectivity index (χ4n) is 1.99. The molecule has 0 spiro atoms. The Balaban J connectivity index is 2.01. The Hall–Kier alpha value is -2.01. The topological polar surface area (TPSA) is 70.6 Å². The van der Waals surface area contributed by atoms with E-state index in [-0.39, 0.29) is 17.2 Å². The van der Waals surface area contributed by atoms with Crippen molar-refractivity contribution in [1.82, 2.24) is 10.6 Å². The zero-order valence-corrected chi connectivity index (χ0v) is 10.9. The van der Waals surface area contributed by atoms with Crippen molar-refractivity contribution in [2.75, 3.05) is 26.7 Å². The number of hydrogen-bond donors (Lipinski definition) is 3. The molecule has 2 rings (SSSR count). The first-order valence-electron chi connectivity index (χ1n) is 6.25. The Labute approximate surface area is 112 Å². The van der Waals surface area contributed by atoms with E-state index in [1.54, 1.807) is 18.2 Å². The zero-order chi connectivity index (χ0) is 13.7. The number of carbonyl (C=O) groups excluding carboxylic acids is 1. The Morgan fingerprint density at radius 2 is 2.37 bits per heavy atom. The van der Waals surface area contributed by atoms with Crippen molar-refractivity contribution >= 4 is 5.91 Å². The highest BCUT2D eigenvalue weighted by Gasteiger charge is 2.14. The first-order chi connectivity index (χ1) is 9.22. The molecule has 3 N–H and O–H groups in total. The van der Waals surface area contributed by atoms with Crippen molar-refractivity contribution in [3.63, 3.8) is 0 Å². The summed E-state index contributed by atoms with van der Waals surface area (Å²) in [7, 11) is 1.45. The summed E-state index contributed by atoms with van der Waals surface area (Å²) in [5.41, 5.74) is 1.43. The van der Waals surface area contributed by atoms with Crippen LogP contribution in [0.5, 0.6) is 11.5 Å². The van der Waals surface area contributed by atoms with Gasteiger partial charge in [0.2, 0.25) is 0 Å². The molecule has 19 heavy (non-hydrogen) atoms. The maximum Gasteiger partial charge on any atom is 0.255 e. The van der Waals surface area contributed by atoms with Crippen LogP contribution in [0.4, 0.5) is 0 Å². The number of methoxy groups -OCH3 is 1. The maximum atomic E-state index is 12.0. The molecule has 0 aliphatic carbocycles. The van der Waals surface area contributed by atoms with E-state index in [1.807, 2.05) is 0 Å². The largest absolute Gasteiger partial charge is 0.504 e. The predicted octanol–water partition coefficient (Wildman–Crippen LogP) is 1.05. The van der Waals surface area contributed by atoms with Crippen molar-refractivity contribution in [2.24, 2.45) is 0 Å². The van der Waals surface area contributed by atoms with Gasteiger partial charge in [0.05, 0.1) is 12.7 Å². The molecule has 0 aromatic heterocycles. The lowest BCUT2D eigenvalue weighted by atomic mass is 10.1. The molecule has 1 aliphatic rings. The monoisotopic (exact) mass is 262 g/mol. The number of carbonyl (C=O) groups is 1. The molecule has 5 heteroatoms. The summed E-state index contributed by atoms with van der Waals surface area (Å²) >= 11 is 0. The smallest absolute Gasteiger partial charge is 0.255 e. The van der Waals surface area contributed by atoms with Crippen LogP contribution < -0.4 is 15.4 Å². The van der Waals surface area contributed by atoms with E-state index in [1.165, 1.54) is 12.7 Å². The van der Waals surface area contributed by atoms with Crippen LogP contribution in [-0.2, 0) is 0 Å². The zero-order valence-electron chi connectivity index (χ0n) is 10.9. The Morgan fingerprint density at radius 3 is 3.05 bits per heavy atom. The number of rotatable bonds is 4. The molecule has 0 atom stereocenters. The molecule has 0 saturated heterocycles. The second kappa shape index (κ2) is 6.24. The highest BCUT2D eigenvalue weighted by Crippen LogP contribution is 2.29. The van der Waals surface area contributed by atoms with E-state index >= 15 is 0 Å². The number of phenolic OH excluding ortho intramolecular Hbond substituents is 1. The van der Waals surface area contributed by atoms with Gasteiger partial charge in [0.25, 0.3) is 5.91 Å². The molecular weight excluding hydrogens is 244 g/mol. The quantitative estimate of drug-likeness (QED) is 0.709. The van der Waals surface area contributed by atoms with Crippen LogP contribution in [-0.4, -0.2) is 37.8 Å². The summed E-state index contributed by atoms with van der Waals surface area (Å²) in [6.07, 6.45) is 3.01. The van der Waals surface area contributed by atoms with E-state index in [2.05, 4.69) is 16.7 Å². The number of benzene rings is 1. The van der Waals surface area contributed by atoms with Crippen LogP contribution in [0.15, 0.2) is 29.8 Å². The second-order valence-corrected chi connectivity index (χ2v) is 4.36. The third-order valence-electron chi connectivity index (χ3n) is 3.10. The second-order valence-electron chi connectivity index (χ2n) is 4.36. The number of amides is 1. The molecule has 0 saturated carbocycles. The van der Waals surface area contributed by atoms with Gasteiger partial charge in [-0.3, -0.25) is 4.79 Å². The van der Waals surface area contributed by atoms with Crippen molar-refractivity contribution in [1.29, 1.82) is 0 Å². The van der Waals surface area contributed by atoms with Gasteiger partial charge < -0.3 is 20.5 Å². The molecule has 1 aliphatic heterocycles. The van der Waals surface area contributed by atoms with Crippen molar-refractivity contribution < 1.29 is 14.6 Å². The highest BCUT2D eigenvalue weighted by molar-refractivity contribution is 5.97. The van der Waals surface area contributed by atoms with Crippen molar-refractivity contribution in [3.8, 4) is 11.5 Å². The van der Waals surface area contributed by atoms with E-state index in [0.717, 1.165) is 19.5 Å². The molecule has 1 amide bonds. The van der Waals surface area contributed by atoms with E-state index in [4.69, 9.17) is 4.74 Å². The summed E-state index contributed by atoms with van der Waals surface area (Å²) in [5.74, 6) is -0.119. The Morgan fingerprint density at radius 1 is 1.53 bits per heavy atom. The van der Waals surface area contributed by atoms with Crippen LogP contribution in [0, 0.1) is 0 Å².